The van der Waals surface area contributed by atoms with Gasteiger partial charge in [0.1, 0.15) is 0 Å². The van der Waals surface area contributed by atoms with E-state index < -0.39 is 0 Å². The molecule has 1 heterocycles. The van der Waals surface area contributed by atoms with Gasteiger partial charge >= 0.3 is 0 Å². The van der Waals surface area contributed by atoms with Crippen LogP contribution in [0.1, 0.15) is 27.2 Å². The third kappa shape index (κ3) is 7.00. The van der Waals surface area contributed by atoms with Gasteiger partial charge in [-0.25, -0.2) is 4.98 Å². The van der Waals surface area contributed by atoms with Crippen LogP contribution >= 0.6 is 23.1 Å². The lowest BCUT2D eigenvalue weighted by Crippen LogP contribution is -2.19. The Kier molecular flexibility index (Phi) is 7.29. The van der Waals surface area contributed by atoms with Crippen LogP contribution < -0.4 is 10.6 Å². The van der Waals surface area contributed by atoms with E-state index >= 15 is 0 Å². The third-order valence-electron chi connectivity index (χ3n) is 4.00. The molecule has 5 nitrogen and oxygen atoms in total. The molecule has 0 saturated heterocycles. The molecule has 0 spiro atoms. The van der Waals surface area contributed by atoms with Gasteiger partial charge in [0.15, 0.2) is 5.13 Å². The number of hydrogen-bond acceptors (Lipinski definition) is 5. The Morgan fingerprint density at radius 2 is 1.77 bits per heavy atom. The Balaban J connectivity index is 1.51. The SMILES string of the molecule is CC(C)(C)CC(=O)Nc1cccc(SCC(=O)Nc2nc(-c3ccccc3)cs2)c1. The minimum absolute atomic E-state index is 0.0135. The smallest absolute Gasteiger partial charge is 0.236 e. The van der Waals surface area contributed by atoms with Crippen molar-refractivity contribution in [2.75, 3.05) is 16.4 Å². The first-order chi connectivity index (χ1) is 14.3. The fraction of sp³-hybridized carbons (Fsp3) is 0.261. The van der Waals surface area contributed by atoms with E-state index in [0.29, 0.717) is 11.6 Å². The molecule has 2 amide bonds. The van der Waals surface area contributed by atoms with Crippen molar-refractivity contribution in [1.82, 2.24) is 4.98 Å². The summed E-state index contributed by atoms with van der Waals surface area (Å²) in [4.78, 5) is 29.8. The highest BCUT2D eigenvalue weighted by molar-refractivity contribution is 8.00. The fourth-order valence-electron chi connectivity index (χ4n) is 2.73. The molecule has 1 aromatic heterocycles. The average Bonchev–Trinajstić information content (AvgIpc) is 3.14. The van der Waals surface area contributed by atoms with E-state index in [-0.39, 0.29) is 23.0 Å². The zero-order valence-corrected chi connectivity index (χ0v) is 18.9. The standard InChI is InChI=1S/C23H25N3O2S2/c1-23(2,3)13-20(27)24-17-10-7-11-18(12-17)29-15-21(28)26-22-25-19(14-30-22)16-8-5-4-6-9-16/h4-12,14H,13,15H2,1-3H3,(H,24,27)(H,25,26,28). The second-order valence-electron chi connectivity index (χ2n) is 8.05. The van der Waals surface area contributed by atoms with Crippen LogP contribution in [0.15, 0.2) is 64.9 Å². The molecule has 156 valence electrons. The third-order valence-corrected chi connectivity index (χ3v) is 5.75. The normalized spacial score (nSPS) is 11.2. The second-order valence-corrected chi connectivity index (χ2v) is 9.96. The summed E-state index contributed by atoms with van der Waals surface area (Å²) in [7, 11) is 0. The molecule has 30 heavy (non-hydrogen) atoms. The Morgan fingerprint density at radius 3 is 2.50 bits per heavy atom. The summed E-state index contributed by atoms with van der Waals surface area (Å²) in [5.41, 5.74) is 2.54. The molecule has 0 atom stereocenters. The van der Waals surface area contributed by atoms with Crippen LogP contribution in [-0.2, 0) is 9.59 Å². The number of amides is 2. The van der Waals surface area contributed by atoms with Gasteiger partial charge < -0.3 is 10.6 Å². The number of anilines is 2. The number of nitrogens with one attached hydrogen (secondary N) is 2. The minimum Gasteiger partial charge on any atom is -0.326 e. The van der Waals surface area contributed by atoms with E-state index in [0.717, 1.165) is 21.8 Å². The molecular weight excluding hydrogens is 414 g/mol. The quantitative estimate of drug-likeness (QED) is 0.449. The second kappa shape index (κ2) is 9.91. The number of nitrogens with zero attached hydrogens (tertiary/aromatic N) is 1. The van der Waals surface area contributed by atoms with Crippen LogP contribution in [0.25, 0.3) is 11.3 Å². The molecular formula is C23H25N3O2S2. The zero-order valence-electron chi connectivity index (χ0n) is 17.3. The first-order valence-electron chi connectivity index (χ1n) is 9.62. The average molecular weight is 440 g/mol. The number of rotatable bonds is 7. The van der Waals surface area contributed by atoms with E-state index in [2.05, 4.69) is 15.6 Å². The van der Waals surface area contributed by atoms with Crippen molar-refractivity contribution in [2.45, 2.75) is 32.1 Å². The van der Waals surface area contributed by atoms with E-state index in [1.54, 1.807) is 0 Å². The Labute approximate surface area is 185 Å². The highest BCUT2D eigenvalue weighted by Gasteiger charge is 2.16. The predicted molar refractivity (Wildman–Crippen MR) is 126 cm³/mol. The first kappa shape index (κ1) is 22.1. The van der Waals surface area contributed by atoms with E-state index in [4.69, 9.17) is 0 Å². The van der Waals surface area contributed by atoms with Gasteiger partial charge in [-0.05, 0) is 23.6 Å². The molecule has 0 bridgehead atoms. The van der Waals surface area contributed by atoms with Gasteiger partial charge in [-0.2, -0.15) is 0 Å². The number of carbonyl (C=O) groups is 2. The lowest BCUT2D eigenvalue weighted by atomic mass is 9.92. The van der Waals surface area contributed by atoms with E-state index in [9.17, 15) is 9.59 Å². The summed E-state index contributed by atoms with van der Waals surface area (Å²) in [6.45, 7) is 6.09. The Morgan fingerprint density at radius 1 is 1.00 bits per heavy atom. The van der Waals surface area contributed by atoms with Crippen LogP contribution in [-0.4, -0.2) is 22.6 Å². The number of thiazole rings is 1. The molecule has 2 aromatic carbocycles. The van der Waals surface area contributed by atoms with Crippen molar-refractivity contribution in [3.63, 3.8) is 0 Å². The van der Waals surface area contributed by atoms with Gasteiger partial charge in [0, 0.05) is 27.9 Å². The van der Waals surface area contributed by atoms with Gasteiger partial charge in [0.2, 0.25) is 11.8 Å². The molecule has 0 aliphatic carbocycles. The number of benzene rings is 2. The summed E-state index contributed by atoms with van der Waals surface area (Å²) in [5, 5.41) is 8.29. The van der Waals surface area contributed by atoms with Crippen molar-refractivity contribution < 1.29 is 9.59 Å². The predicted octanol–water partition coefficient (Wildman–Crippen LogP) is 5.92. The molecule has 0 saturated carbocycles. The summed E-state index contributed by atoms with van der Waals surface area (Å²) >= 11 is 2.83. The lowest BCUT2D eigenvalue weighted by Gasteiger charge is -2.17. The molecule has 3 aromatic rings. The summed E-state index contributed by atoms with van der Waals surface area (Å²) < 4.78 is 0. The van der Waals surface area contributed by atoms with Crippen molar-refractivity contribution in [3.05, 3.63) is 60.0 Å². The zero-order chi connectivity index (χ0) is 21.6. The monoisotopic (exact) mass is 439 g/mol. The number of hydrogen-bond donors (Lipinski definition) is 2. The molecule has 0 unspecified atom stereocenters. The van der Waals surface area contributed by atoms with Gasteiger partial charge in [0.25, 0.3) is 0 Å². The van der Waals surface area contributed by atoms with Gasteiger partial charge in [-0.15, -0.1) is 23.1 Å². The number of thioether (sulfide) groups is 1. The maximum atomic E-state index is 12.3. The summed E-state index contributed by atoms with van der Waals surface area (Å²) in [5.74, 6) is 0.135. The van der Waals surface area contributed by atoms with Crippen LogP contribution in [0.4, 0.5) is 10.8 Å². The molecule has 0 fully saturated rings. The first-order valence-corrected chi connectivity index (χ1v) is 11.5. The maximum absolute atomic E-state index is 12.3. The Hall–Kier alpha value is -2.64. The van der Waals surface area contributed by atoms with Crippen LogP contribution in [0, 0.1) is 5.41 Å². The molecule has 2 N–H and O–H groups in total. The number of aromatic nitrogens is 1. The largest absolute Gasteiger partial charge is 0.326 e. The topological polar surface area (TPSA) is 71.1 Å². The van der Waals surface area contributed by atoms with Gasteiger partial charge in [-0.3, -0.25) is 9.59 Å². The van der Waals surface area contributed by atoms with Crippen LogP contribution in [0.3, 0.4) is 0 Å². The molecule has 0 aliphatic rings. The highest BCUT2D eigenvalue weighted by Crippen LogP contribution is 2.26. The van der Waals surface area contributed by atoms with Gasteiger partial charge in [0.05, 0.1) is 11.4 Å². The van der Waals surface area contributed by atoms with Crippen molar-refractivity contribution >= 4 is 45.7 Å². The van der Waals surface area contributed by atoms with Crippen LogP contribution in [0.2, 0.25) is 0 Å². The fourth-order valence-corrected chi connectivity index (χ4v) is 4.22. The number of carbonyl (C=O) groups excluding carboxylic acids is 2. The Bertz CT molecular complexity index is 1010. The van der Waals surface area contributed by atoms with Crippen molar-refractivity contribution in [1.29, 1.82) is 0 Å². The van der Waals surface area contributed by atoms with Crippen molar-refractivity contribution in [2.24, 2.45) is 5.41 Å². The van der Waals surface area contributed by atoms with Crippen LogP contribution in [0.5, 0.6) is 0 Å². The van der Waals surface area contributed by atoms with Crippen molar-refractivity contribution in [3.8, 4) is 11.3 Å². The molecule has 0 aliphatic heterocycles. The summed E-state index contributed by atoms with van der Waals surface area (Å²) in [6, 6.07) is 17.4. The van der Waals surface area contributed by atoms with E-state index in [1.165, 1.54) is 23.1 Å². The van der Waals surface area contributed by atoms with Gasteiger partial charge in [-0.1, -0.05) is 57.2 Å². The van der Waals surface area contributed by atoms with E-state index in [1.807, 2.05) is 80.7 Å². The summed E-state index contributed by atoms with van der Waals surface area (Å²) in [6.07, 6.45) is 0.450. The lowest BCUT2D eigenvalue weighted by molar-refractivity contribution is -0.118. The maximum Gasteiger partial charge on any atom is 0.236 e. The molecule has 3 rings (SSSR count). The molecule has 0 radical (unpaired) electrons. The molecule has 7 heteroatoms. The highest BCUT2D eigenvalue weighted by atomic mass is 32.2. The minimum atomic E-state index is -0.115.